The predicted octanol–water partition coefficient (Wildman–Crippen LogP) is 3.93. The zero-order chi connectivity index (χ0) is 24.7. The highest BCUT2D eigenvalue weighted by atomic mass is 19.4. The van der Waals surface area contributed by atoms with Gasteiger partial charge in [0.15, 0.2) is 0 Å². The van der Waals surface area contributed by atoms with E-state index in [1.807, 2.05) is 0 Å². The van der Waals surface area contributed by atoms with Gasteiger partial charge in [-0.05, 0) is 0 Å². The molecule has 13 heteroatoms. The molecule has 0 heterocycles. The van der Waals surface area contributed by atoms with Crippen LogP contribution >= 0.6 is 0 Å². The normalized spacial score (nSPS) is 14.9. The molecule has 0 spiro atoms. The number of ether oxygens (including phenoxy) is 2. The van der Waals surface area contributed by atoms with Crippen LogP contribution in [-0.4, -0.2) is 60.1 Å². The summed E-state index contributed by atoms with van der Waals surface area (Å²) in [4.78, 5) is 21.9. The quantitative estimate of drug-likeness (QED) is 0.181. The van der Waals surface area contributed by atoms with Crippen LogP contribution in [0.4, 0.5) is 35.1 Å². The van der Waals surface area contributed by atoms with Crippen molar-refractivity contribution in [2.45, 2.75) is 42.6 Å². The summed E-state index contributed by atoms with van der Waals surface area (Å²) in [6, 6.07) is 0. The third-order valence-electron chi connectivity index (χ3n) is 3.91. The molecule has 0 rings (SSSR count). The van der Waals surface area contributed by atoms with E-state index in [2.05, 4.69) is 29.2 Å². The third-order valence-corrected chi connectivity index (χ3v) is 3.91. The van der Waals surface area contributed by atoms with Gasteiger partial charge >= 0.3 is 35.6 Å². The number of esters is 2. The summed E-state index contributed by atoms with van der Waals surface area (Å²) >= 11 is 0. The van der Waals surface area contributed by atoms with Crippen molar-refractivity contribution in [3.8, 4) is 0 Å². The van der Waals surface area contributed by atoms with Crippen molar-refractivity contribution < 1.29 is 59.3 Å². The van der Waals surface area contributed by atoms with Crippen LogP contribution in [0.25, 0.3) is 0 Å². The number of alkyl halides is 8. The molecular formula is C18H20F8O5. The summed E-state index contributed by atoms with van der Waals surface area (Å²) in [7, 11) is 0. The number of hydrogen-bond donors (Lipinski definition) is 1. The molecule has 178 valence electrons. The minimum atomic E-state index is -6.64. The molecule has 0 aliphatic carbocycles. The van der Waals surface area contributed by atoms with Gasteiger partial charge in [-0.3, -0.25) is 0 Å². The minimum absolute atomic E-state index is 0.413. The molecule has 1 N–H and O–H groups in total. The maximum atomic E-state index is 14.0. The maximum absolute atomic E-state index is 14.0. The molecule has 2 atom stereocenters. The maximum Gasteiger partial charge on any atom is 0.378 e. The van der Waals surface area contributed by atoms with Crippen molar-refractivity contribution in [2.24, 2.45) is 5.92 Å². The average molecular weight is 468 g/mol. The molecule has 0 aromatic rings. The molecule has 0 bridgehead atoms. The highest BCUT2D eigenvalue weighted by Crippen LogP contribution is 2.55. The van der Waals surface area contributed by atoms with Crippen LogP contribution in [0.3, 0.4) is 0 Å². The Kier molecular flexibility index (Phi) is 9.89. The van der Waals surface area contributed by atoms with Crippen molar-refractivity contribution in [1.82, 2.24) is 0 Å². The Balaban J connectivity index is 5.70. The number of rotatable bonds is 14. The molecule has 0 saturated heterocycles. The molecular weight excluding hydrogens is 448 g/mol. The zero-order valence-corrected chi connectivity index (χ0v) is 15.9. The second-order valence-electron chi connectivity index (χ2n) is 6.24. The molecule has 5 nitrogen and oxygen atoms in total. The van der Waals surface area contributed by atoms with Crippen molar-refractivity contribution in [2.75, 3.05) is 13.2 Å². The van der Waals surface area contributed by atoms with Crippen LogP contribution in [0.15, 0.2) is 38.0 Å². The van der Waals surface area contributed by atoms with E-state index in [1.165, 1.54) is 0 Å². The molecule has 2 unspecified atom stereocenters. The van der Waals surface area contributed by atoms with Gasteiger partial charge in [0.25, 0.3) is 0 Å². The molecule has 31 heavy (non-hydrogen) atoms. The standard InChI is InChI=1S/C18H20F8O5/c1-4-11(10-30-13(28)5-2)7-15(19,20)17(23,24)18(25,26)16(21,22)8-12(9-27)31-14(29)6-3/h4-6,11-12,27H,1-3,7-10H2. The summed E-state index contributed by atoms with van der Waals surface area (Å²) in [5.74, 6) is -29.2. The lowest BCUT2D eigenvalue weighted by Gasteiger charge is -2.38. The highest BCUT2D eigenvalue weighted by Gasteiger charge is 2.80. The SMILES string of the molecule is C=CC(=O)OCC(C=C)CC(F)(F)C(F)(F)C(F)(F)C(F)(F)CC(CO)OC(=O)C=C. The molecule has 0 aliphatic heterocycles. The van der Waals surface area contributed by atoms with Crippen LogP contribution < -0.4 is 0 Å². The molecule has 0 amide bonds. The molecule has 0 fully saturated rings. The fraction of sp³-hybridized carbons (Fsp3) is 0.556. The Morgan fingerprint density at radius 3 is 1.68 bits per heavy atom. The van der Waals surface area contributed by atoms with Gasteiger partial charge in [0.2, 0.25) is 0 Å². The first-order valence-electron chi connectivity index (χ1n) is 8.39. The smallest absolute Gasteiger partial charge is 0.378 e. The van der Waals surface area contributed by atoms with E-state index in [0.29, 0.717) is 18.2 Å². The van der Waals surface area contributed by atoms with Gasteiger partial charge in [-0.2, -0.15) is 35.1 Å². The van der Waals surface area contributed by atoms with Gasteiger partial charge in [-0.15, -0.1) is 6.58 Å². The lowest BCUT2D eigenvalue weighted by Crippen LogP contribution is -2.63. The van der Waals surface area contributed by atoms with Crippen molar-refractivity contribution in [3.05, 3.63) is 38.0 Å². The van der Waals surface area contributed by atoms with Crippen molar-refractivity contribution >= 4 is 11.9 Å². The number of halogens is 8. The summed E-state index contributed by atoms with van der Waals surface area (Å²) in [6.45, 7) is 6.41. The van der Waals surface area contributed by atoms with E-state index >= 15 is 0 Å². The van der Waals surface area contributed by atoms with Crippen molar-refractivity contribution in [3.63, 3.8) is 0 Å². The fourth-order valence-electron chi connectivity index (χ4n) is 2.15. The molecule has 0 saturated carbocycles. The van der Waals surface area contributed by atoms with Crippen LogP contribution in [0.5, 0.6) is 0 Å². The lowest BCUT2D eigenvalue weighted by atomic mass is 9.90. The van der Waals surface area contributed by atoms with Crippen molar-refractivity contribution in [1.29, 1.82) is 0 Å². The lowest BCUT2D eigenvalue weighted by molar-refractivity contribution is -0.371. The summed E-state index contributed by atoms with van der Waals surface area (Å²) < 4.78 is 120. The van der Waals surface area contributed by atoms with Crippen LogP contribution in [0.1, 0.15) is 12.8 Å². The predicted molar refractivity (Wildman–Crippen MR) is 91.0 cm³/mol. The molecule has 0 aliphatic rings. The Morgan fingerprint density at radius 2 is 1.29 bits per heavy atom. The Bertz CT molecular complexity index is 678. The Hall–Kier alpha value is -2.44. The fourth-order valence-corrected chi connectivity index (χ4v) is 2.15. The third kappa shape index (κ3) is 6.77. The van der Waals surface area contributed by atoms with Crippen LogP contribution in [0.2, 0.25) is 0 Å². The summed E-state index contributed by atoms with van der Waals surface area (Å²) in [6.07, 6.45) is -5.30. The monoisotopic (exact) mass is 468 g/mol. The van der Waals surface area contributed by atoms with Gasteiger partial charge in [-0.25, -0.2) is 9.59 Å². The average Bonchev–Trinajstić information content (AvgIpc) is 2.69. The first kappa shape index (κ1) is 28.6. The van der Waals surface area contributed by atoms with E-state index in [0.717, 1.165) is 0 Å². The van der Waals surface area contributed by atoms with Gasteiger partial charge in [0.05, 0.1) is 19.6 Å². The van der Waals surface area contributed by atoms with E-state index in [-0.39, 0.29) is 0 Å². The summed E-state index contributed by atoms with van der Waals surface area (Å²) in [5, 5.41) is 8.85. The highest BCUT2D eigenvalue weighted by molar-refractivity contribution is 5.81. The van der Waals surface area contributed by atoms with Gasteiger partial charge in [0.1, 0.15) is 6.10 Å². The Morgan fingerprint density at radius 1 is 0.839 bits per heavy atom. The van der Waals surface area contributed by atoms with E-state index in [1.54, 1.807) is 0 Å². The first-order chi connectivity index (χ1) is 14.0. The first-order valence-corrected chi connectivity index (χ1v) is 8.39. The number of aliphatic hydroxyl groups is 1. The van der Waals surface area contributed by atoms with Crippen LogP contribution in [-0.2, 0) is 19.1 Å². The number of carbonyl (C=O) groups excluding carboxylic acids is 2. The Labute approximate surface area is 172 Å². The topological polar surface area (TPSA) is 72.8 Å². The van der Waals surface area contributed by atoms with Gasteiger partial charge < -0.3 is 14.6 Å². The zero-order valence-electron chi connectivity index (χ0n) is 15.9. The molecule has 0 radical (unpaired) electrons. The van der Waals surface area contributed by atoms with E-state index < -0.39 is 73.7 Å². The van der Waals surface area contributed by atoms with E-state index in [9.17, 15) is 44.7 Å². The summed E-state index contributed by atoms with van der Waals surface area (Å²) in [5.41, 5.74) is 0. The second-order valence-corrected chi connectivity index (χ2v) is 6.24. The number of carbonyl (C=O) groups is 2. The minimum Gasteiger partial charge on any atom is -0.462 e. The van der Waals surface area contributed by atoms with Crippen LogP contribution in [0, 0.1) is 5.92 Å². The largest absolute Gasteiger partial charge is 0.462 e. The molecule has 0 aromatic carbocycles. The molecule has 0 aromatic heterocycles. The number of hydrogen-bond acceptors (Lipinski definition) is 5. The van der Waals surface area contributed by atoms with Gasteiger partial charge in [-0.1, -0.05) is 19.2 Å². The van der Waals surface area contributed by atoms with Gasteiger partial charge in [0, 0.05) is 24.5 Å². The van der Waals surface area contributed by atoms with E-state index in [4.69, 9.17) is 5.11 Å². The number of aliphatic hydroxyl groups excluding tert-OH is 1. The second kappa shape index (κ2) is 10.7.